The molecule has 1 aromatic carbocycles. The summed E-state index contributed by atoms with van der Waals surface area (Å²) in [5.74, 6) is -0.0511. The van der Waals surface area contributed by atoms with Crippen LogP contribution in [0.1, 0.15) is 22.8 Å². The van der Waals surface area contributed by atoms with Crippen molar-refractivity contribution in [2.45, 2.75) is 17.8 Å². The highest BCUT2D eigenvalue weighted by Gasteiger charge is 2.23. The van der Waals surface area contributed by atoms with Gasteiger partial charge in [0.25, 0.3) is 0 Å². The van der Waals surface area contributed by atoms with Gasteiger partial charge in [-0.1, -0.05) is 0 Å². The van der Waals surface area contributed by atoms with E-state index >= 15 is 0 Å². The SMILES string of the molecule is COc1ccc(C(C)=O)cc1CS(=O)(=O)c1nncn1C. The smallest absolute Gasteiger partial charge is 0.249 e. The molecular weight excluding hydrogens is 294 g/mol. The first-order chi connectivity index (χ1) is 9.85. The van der Waals surface area contributed by atoms with E-state index in [4.69, 9.17) is 4.74 Å². The predicted octanol–water partition coefficient (Wildman–Crippen LogP) is 1.00. The van der Waals surface area contributed by atoms with Crippen LogP contribution in [0.25, 0.3) is 0 Å². The van der Waals surface area contributed by atoms with E-state index in [0.29, 0.717) is 16.9 Å². The fourth-order valence-corrected chi connectivity index (χ4v) is 3.36. The van der Waals surface area contributed by atoms with Crippen LogP contribution in [0.5, 0.6) is 5.75 Å². The molecule has 1 aromatic heterocycles. The molecule has 0 amide bonds. The Morgan fingerprint density at radius 3 is 2.62 bits per heavy atom. The van der Waals surface area contributed by atoms with Crippen LogP contribution in [0, 0.1) is 0 Å². The molecule has 0 saturated carbocycles. The van der Waals surface area contributed by atoms with Gasteiger partial charge >= 0.3 is 0 Å². The Morgan fingerprint density at radius 2 is 2.10 bits per heavy atom. The normalized spacial score (nSPS) is 11.4. The molecule has 1 heterocycles. The molecule has 0 aliphatic carbocycles. The standard InChI is InChI=1S/C13H15N3O4S/c1-9(17)10-4-5-12(20-3)11(6-10)7-21(18,19)13-15-14-8-16(13)2/h4-6,8H,7H2,1-3H3. The van der Waals surface area contributed by atoms with E-state index in [-0.39, 0.29) is 16.7 Å². The lowest BCUT2D eigenvalue weighted by Gasteiger charge is -2.10. The summed E-state index contributed by atoms with van der Waals surface area (Å²) in [5, 5.41) is 7.05. The quantitative estimate of drug-likeness (QED) is 0.765. The van der Waals surface area contributed by atoms with Crippen LogP contribution in [0.15, 0.2) is 29.7 Å². The maximum atomic E-state index is 12.4. The number of Topliss-reactive ketones (excluding diaryl/α,β-unsaturated/α-hetero) is 1. The van der Waals surface area contributed by atoms with Crippen LogP contribution >= 0.6 is 0 Å². The van der Waals surface area contributed by atoms with Gasteiger partial charge in [-0.05, 0) is 25.1 Å². The summed E-state index contributed by atoms with van der Waals surface area (Å²) in [4.78, 5) is 11.4. The number of aromatic nitrogens is 3. The van der Waals surface area contributed by atoms with Crippen molar-refractivity contribution < 1.29 is 17.9 Å². The van der Waals surface area contributed by atoms with Crippen molar-refractivity contribution in [3.8, 4) is 5.75 Å². The van der Waals surface area contributed by atoms with E-state index in [1.54, 1.807) is 19.2 Å². The van der Waals surface area contributed by atoms with Gasteiger partial charge in [-0.2, -0.15) is 0 Å². The van der Waals surface area contributed by atoms with Gasteiger partial charge in [-0.3, -0.25) is 4.79 Å². The third-order valence-corrected chi connectivity index (χ3v) is 4.60. The van der Waals surface area contributed by atoms with E-state index < -0.39 is 9.84 Å². The van der Waals surface area contributed by atoms with E-state index in [1.807, 2.05) is 0 Å². The number of carbonyl (C=O) groups is 1. The Labute approximate surface area is 122 Å². The van der Waals surface area contributed by atoms with Crippen molar-refractivity contribution in [3.05, 3.63) is 35.7 Å². The largest absolute Gasteiger partial charge is 0.496 e. The number of rotatable bonds is 5. The second kappa shape index (κ2) is 5.65. The lowest BCUT2D eigenvalue weighted by atomic mass is 10.1. The maximum absolute atomic E-state index is 12.4. The van der Waals surface area contributed by atoms with Crippen LogP contribution in [0.2, 0.25) is 0 Å². The van der Waals surface area contributed by atoms with E-state index in [2.05, 4.69) is 10.2 Å². The molecule has 0 bridgehead atoms. The van der Waals surface area contributed by atoms with Gasteiger partial charge in [0.15, 0.2) is 5.78 Å². The highest BCUT2D eigenvalue weighted by Crippen LogP contribution is 2.24. The van der Waals surface area contributed by atoms with Crippen LogP contribution in [0.4, 0.5) is 0 Å². The van der Waals surface area contributed by atoms with Crippen LogP contribution < -0.4 is 4.74 Å². The highest BCUT2D eigenvalue weighted by atomic mass is 32.2. The molecule has 8 heteroatoms. The van der Waals surface area contributed by atoms with Crippen LogP contribution in [-0.2, 0) is 22.6 Å². The monoisotopic (exact) mass is 309 g/mol. The zero-order valence-corrected chi connectivity index (χ0v) is 12.7. The van der Waals surface area contributed by atoms with Crippen LogP contribution in [0.3, 0.4) is 0 Å². The number of ketones is 1. The first-order valence-electron chi connectivity index (χ1n) is 6.10. The zero-order valence-electron chi connectivity index (χ0n) is 11.9. The van der Waals surface area contributed by atoms with E-state index in [1.165, 1.54) is 31.0 Å². The summed E-state index contributed by atoms with van der Waals surface area (Å²) in [6, 6.07) is 4.70. The molecule has 0 aliphatic rings. The number of hydrogen-bond donors (Lipinski definition) is 0. The highest BCUT2D eigenvalue weighted by molar-refractivity contribution is 7.90. The second-order valence-corrected chi connectivity index (χ2v) is 6.45. The molecule has 0 fully saturated rings. The molecule has 0 radical (unpaired) electrons. The van der Waals surface area contributed by atoms with Gasteiger partial charge in [0.05, 0.1) is 12.9 Å². The maximum Gasteiger partial charge on any atom is 0.249 e. The molecule has 0 saturated heterocycles. The molecule has 0 unspecified atom stereocenters. The van der Waals surface area contributed by atoms with E-state index in [9.17, 15) is 13.2 Å². The minimum absolute atomic E-state index is 0.127. The molecule has 0 aliphatic heterocycles. The number of hydrogen-bond acceptors (Lipinski definition) is 6. The van der Waals surface area contributed by atoms with Gasteiger partial charge in [0.1, 0.15) is 12.1 Å². The Hall–Kier alpha value is -2.22. The van der Waals surface area contributed by atoms with Crippen molar-refractivity contribution in [1.82, 2.24) is 14.8 Å². The number of benzene rings is 1. The average molecular weight is 309 g/mol. The number of carbonyl (C=O) groups excluding carboxylic acids is 1. The predicted molar refractivity (Wildman–Crippen MR) is 74.9 cm³/mol. The summed E-state index contributed by atoms with van der Waals surface area (Å²) in [6.07, 6.45) is 1.32. The van der Waals surface area contributed by atoms with Crippen LogP contribution in [-0.4, -0.2) is 36.1 Å². The van der Waals surface area contributed by atoms with Gasteiger partial charge < -0.3 is 9.30 Å². The average Bonchev–Trinajstić information content (AvgIpc) is 2.85. The van der Waals surface area contributed by atoms with E-state index in [0.717, 1.165) is 0 Å². The summed E-state index contributed by atoms with van der Waals surface area (Å²) in [5.41, 5.74) is 0.840. The molecule has 2 aromatic rings. The minimum Gasteiger partial charge on any atom is -0.496 e. The second-order valence-electron chi connectivity index (χ2n) is 4.57. The fraction of sp³-hybridized carbons (Fsp3) is 0.308. The van der Waals surface area contributed by atoms with Gasteiger partial charge in [0, 0.05) is 18.2 Å². The molecule has 21 heavy (non-hydrogen) atoms. The number of sulfone groups is 1. The molecule has 0 N–H and O–H groups in total. The Bertz CT molecular complexity index is 780. The molecule has 112 valence electrons. The fourth-order valence-electron chi connectivity index (χ4n) is 1.93. The third kappa shape index (κ3) is 3.10. The Morgan fingerprint density at radius 1 is 1.38 bits per heavy atom. The first kappa shape index (κ1) is 15.2. The van der Waals surface area contributed by atoms with Gasteiger partial charge in [0.2, 0.25) is 15.0 Å². The number of nitrogens with zero attached hydrogens (tertiary/aromatic N) is 3. The van der Waals surface area contributed by atoms with Crippen molar-refractivity contribution >= 4 is 15.6 Å². The van der Waals surface area contributed by atoms with Crippen molar-refractivity contribution in [2.24, 2.45) is 7.05 Å². The van der Waals surface area contributed by atoms with Gasteiger partial charge in [-0.15, -0.1) is 10.2 Å². The summed E-state index contributed by atoms with van der Waals surface area (Å²) in [6.45, 7) is 1.42. The minimum atomic E-state index is -3.68. The lowest BCUT2D eigenvalue weighted by molar-refractivity contribution is 0.101. The number of aryl methyl sites for hydroxylation is 1. The molecule has 0 atom stereocenters. The molecular formula is C13H15N3O4S. The molecule has 0 spiro atoms. The summed E-state index contributed by atoms with van der Waals surface area (Å²) < 4.78 is 31.2. The zero-order chi connectivity index (χ0) is 15.6. The van der Waals surface area contributed by atoms with Crippen molar-refractivity contribution in [3.63, 3.8) is 0 Å². The Balaban J connectivity index is 2.45. The first-order valence-corrected chi connectivity index (χ1v) is 7.75. The third-order valence-electron chi connectivity index (χ3n) is 2.98. The number of methoxy groups -OCH3 is 1. The Kier molecular flexibility index (Phi) is 4.08. The molecule has 2 rings (SSSR count). The molecule has 7 nitrogen and oxygen atoms in total. The van der Waals surface area contributed by atoms with Crippen molar-refractivity contribution in [1.29, 1.82) is 0 Å². The lowest BCUT2D eigenvalue weighted by Crippen LogP contribution is -2.12. The topological polar surface area (TPSA) is 91.2 Å². The summed E-state index contributed by atoms with van der Waals surface area (Å²) in [7, 11) is -0.680. The number of ether oxygens (including phenoxy) is 1. The van der Waals surface area contributed by atoms with Crippen molar-refractivity contribution in [2.75, 3.05) is 7.11 Å². The van der Waals surface area contributed by atoms with Gasteiger partial charge in [-0.25, -0.2) is 8.42 Å². The summed E-state index contributed by atoms with van der Waals surface area (Å²) >= 11 is 0.